The average molecular weight is 431 g/mol. The lowest BCUT2D eigenvalue weighted by Crippen LogP contribution is -2.11. The highest BCUT2D eigenvalue weighted by atomic mass is 19.3. The number of ether oxygens (including phenoxy) is 3. The van der Waals surface area contributed by atoms with Crippen LogP contribution in [0.1, 0.15) is 34.4 Å². The lowest BCUT2D eigenvalue weighted by molar-refractivity contribution is -0.0514. The molecular formula is C23H23F2NO5. The molecule has 0 spiro atoms. The van der Waals surface area contributed by atoms with E-state index in [-0.39, 0.29) is 30.5 Å². The number of furan rings is 1. The Balaban J connectivity index is 1.64. The predicted octanol–water partition coefficient (Wildman–Crippen LogP) is 5.73. The molecule has 0 saturated heterocycles. The lowest BCUT2D eigenvalue weighted by atomic mass is 10.1. The van der Waals surface area contributed by atoms with Crippen LogP contribution in [0, 0.1) is 13.8 Å². The molecular weight excluding hydrogens is 408 g/mol. The average Bonchev–Trinajstić information content (AvgIpc) is 3.17. The van der Waals surface area contributed by atoms with Crippen LogP contribution in [-0.4, -0.2) is 19.1 Å². The van der Waals surface area contributed by atoms with E-state index in [9.17, 15) is 13.6 Å². The minimum Gasteiger partial charge on any atom is -0.490 e. The van der Waals surface area contributed by atoms with Crippen LogP contribution in [0.15, 0.2) is 52.9 Å². The fourth-order valence-corrected chi connectivity index (χ4v) is 2.99. The summed E-state index contributed by atoms with van der Waals surface area (Å²) in [4.78, 5) is 12.5. The number of amides is 1. The molecule has 0 aliphatic heterocycles. The van der Waals surface area contributed by atoms with E-state index in [2.05, 4.69) is 10.1 Å². The molecule has 0 bridgehead atoms. The summed E-state index contributed by atoms with van der Waals surface area (Å²) >= 11 is 0. The second-order valence-electron chi connectivity index (χ2n) is 6.81. The number of hydrogen-bond acceptors (Lipinski definition) is 5. The van der Waals surface area contributed by atoms with Gasteiger partial charge in [0.2, 0.25) is 0 Å². The number of benzene rings is 2. The van der Waals surface area contributed by atoms with Gasteiger partial charge in [-0.05, 0) is 68.3 Å². The fraction of sp³-hybridized carbons (Fsp3) is 0.261. The number of halogens is 2. The number of rotatable bonds is 9. The number of nitrogens with one attached hydrogen (secondary N) is 1. The summed E-state index contributed by atoms with van der Waals surface area (Å²) in [6.45, 7) is 3.12. The number of anilines is 1. The van der Waals surface area contributed by atoms with Gasteiger partial charge >= 0.3 is 6.61 Å². The Morgan fingerprint density at radius 1 is 1.00 bits per heavy atom. The van der Waals surface area contributed by atoms with Crippen molar-refractivity contribution in [2.24, 2.45) is 0 Å². The van der Waals surface area contributed by atoms with Gasteiger partial charge in [0, 0.05) is 11.8 Å². The van der Waals surface area contributed by atoms with Crippen LogP contribution in [0.4, 0.5) is 14.5 Å². The second kappa shape index (κ2) is 9.97. The largest absolute Gasteiger partial charge is 0.490 e. The van der Waals surface area contributed by atoms with Crippen molar-refractivity contribution in [2.75, 3.05) is 11.9 Å². The van der Waals surface area contributed by atoms with Gasteiger partial charge in [-0.2, -0.15) is 8.78 Å². The Morgan fingerprint density at radius 3 is 2.42 bits per heavy atom. The Morgan fingerprint density at radius 2 is 1.74 bits per heavy atom. The van der Waals surface area contributed by atoms with Crippen LogP contribution in [0.3, 0.4) is 0 Å². The van der Waals surface area contributed by atoms with Crippen molar-refractivity contribution < 1.29 is 32.2 Å². The molecule has 3 aromatic rings. The number of hydrogen-bond donors (Lipinski definition) is 1. The normalized spacial score (nSPS) is 10.8. The summed E-state index contributed by atoms with van der Waals surface area (Å²) in [5, 5.41) is 2.64. The van der Waals surface area contributed by atoms with E-state index in [1.807, 2.05) is 32.0 Å². The third-order valence-corrected chi connectivity index (χ3v) is 4.18. The molecule has 0 aliphatic carbocycles. The molecule has 0 saturated carbocycles. The number of aryl methyl sites for hydroxylation is 2. The smallest absolute Gasteiger partial charge is 0.387 e. The lowest BCUT2D eigenvalue weighted by Gasteiger charge is -2.13. The summed E-state index contributed by atoms with van der Waals surface area (Å²) < 4.78 is 46.1. The molecule has 1 amide bonds. The van der Waals surface area contributed by atoms with Crippen LogP contribution in [0.25, 0.3) is 0 Å². The molecule has 0 fully saturated rings. The van der Waals surface area contributed by atoms with Gasteiger partial charge in [-0.25, -0.2) is 0 Å². The van der Waals surface area contributed by atoms with Gasteiger partial charge < -0.3 is 23.9 Å². The molecule has 0 radical (unpaired) electrons. The molecule has 1 N–H and O–H groups in total. The number of carbonyl (C=O) groups excluding carboxylic acids is 1. The number of alkyl halides is 2. The van der Waals surface area contributed by atoms with Crippen LogP contribution >= 0.6 is 0 Å². The Hall–Kier alpha value is -3.55. The first-order chi connectivity index (χ1) is 14.8. The highest BCUT2D eigenvalue weighted by molar-refractivity contribution is 6.02. The van der Waals surface area contributed by atoms with Gasteiger partial charge in [-0.3, -0.25) is 4.79 Å². The Kier molecular flexibility index (Phi) is 7.12. The first-order valence-electron chi connectivity index (χ1n) is 9.67. The zero-order valence-corrected chi connectivity index (χ0v) is 17.4. The molecule has 0 aliphatic rings. The van der Waals surface area contributed by atoms with Crippen LogP contribution in [-0.2, 0) is 6.61 Å². The summed E-state index contributed by atoms with van der Waals surface area (Å²) in [5.41, 5.74) is 2.52. The summed E-state index contributed by atoms with van der Waals surface area (Å²) in [7, 11) is 0. The van der Waals surface area contributed by atoms with E-state index in [1.54, 1.807) is 13.0 Å². The predicted molar refractivity (Wildman–Crippen MR) is 111 cm³/mol. The highest BCUT2D eigenvalue weighted by Crippen LogP contribution is 2.32. The number of carbonyl (C=O) groups is 1. The molecule has 3 rings (SSSR count). The molecule has 6 nitrogen and oxygen atoms in total. The van der Waals surface area contributed by atoms with Gasteiger partial charge in [-0.15, -0.1) is 0 Å². The van der Waals surface area contributed by atoms with E-state index >= 15 is 0 Å². The SMILES string of the molecule is CCOc1cc(NC(=O)c2ccc(COc3cc(C)cc(C)c3)o2)ccc1OC(F)F. The molecule has 8 heteroatoms. The van der Waals surface area contributed by atoms with Crippen LogP contribution in [0.5, 0.6) is 17.2 Å². The van der Waals surface area contributed by atoms with Crippen LogP contribution in [0.2, 0.25) is 0 Å². The second-order valence-corrected chi connectivity index (χ2v) is 6.81. The monoisotopic (exact) mass is 431 g/mol. The first kappa shape index (κ1) is 22.1. The Bertz CT molecular complexity index is 1030. The molecule has 1 aromatic heterocycles. The van der Waals surface area contributed by atoms with E-state index in [4.69, 9.17) is 13.9 Å². The Labute approximate surface area is 178 Å². The van der Waals surface area contributed by atoms with Crippen molar-refractivity contribution in [2.45, 2.75) is 34.0 Å². The fourth-order valence-electron chi connectivity index (χ4n) is 2.99. The topological polar surface area (TPSA) is 69.9 Å². The molecule has 164 valence electrons. The summed E-state index contributed by atoms with van der Waals surface area (Å²) in [6, 6.07) is 13.2. The van der Waals surface area contributed by atoms with Crippen molar-refractivity contribution in [1.29, 1.82) is 0 Å². The minimum absolute atomic E-state index is 0.0879. The zero-order valence-electron chi connectivity index (χ0n) is 17.4. The molecule has 0 unspecified atom stereocenters. The van der Waals surface area contributed by atoms with Crippen molar-refractivity contribution in [3.63, 3.8) is 0 Å². The van der Waals surface area contributed by atoms with Crippen molar-refractivity contribution in [1.82, 2.24) is 0 Å². The van der Waals surface area contributed by atoms with E-state index in [1.165, 1.54) is 24.3 Å². The third-order valence-electron chi connectivity index (χ3n) is 4.18. The molecule has 0 atom stereocenters. The minimum atomic E-state index is -2.98. The summed E-state index contributed by atoms with van der Waals surface area (Å²) in [5.74, 6) is 0.781. The first-order valence-corrected chi connectivity index (χ1v) is 9.67. The maximum absolute atomic E-state index is 12.5. The van der Waals surface area contributed by atoms with Gasteiger partial charge in [0.15, 0.2) is 17.3 Å². The van der Waals surface area contributed by atoms with Crippen molar-refractivity contribution >= 4 is 11.6 Å². The highest BCUT2D eigenvalue weighted by Gasteiger charge is 2.15. The maximum atomic E-state index is 12.5. The van der Waals surface area contributed by atoms with E-state index < -0.39 is 12.5 Å². The zero-order chi connectivity index (χ0) is 22.4. The molecule has 2 aromatic carbocycles. The standard InChI is InChI=1S/C23H23F2NO5/c1-4-28-21-12-16(5-7-19(21)31-23(24)25)26-22(27)20-8-6-17(30-20)13-29-18-10-14(2)9-15(3)11-18/h5-12,23H,4,13H2,1-3H3,(H,26,27). The van der Waals surface area contributed by atoms with Crippen molar-refractivity contribution in [3.05, 3.63) is 71.2 Å². The van der Waals surface area contributed by atoms with Gasteiger partial charge in [0.25, 0.3) is 5.91 Å². The van der Waals surface area contributed by atoms with Gasteiger partial charge in [0.05, 0.1) is 6.61 Å². The molecule has 31 heavy (non-hydrogen) atoms. The van der Waals surface area contributed by atoms with Gasteiger partial charge in [0.1, 0.15) is 18.1 Å². The summed E-state index contributed by atoms with van der Waals surface area (Å²) in [6.07, 6.45) is 0. The van der Waals surface area contributed by atoms with E-state index in [0.717, 1.165) is 16.9 Å². The molecule has 1 heterocycles. The van der Waals surface area contributed by atoms with Crippen LogP contribution < -0.4 is 19.5 Å². The van der Waals surface area contributed by atoms with Gasteiger partial charge in [-0.1, -0.05) is 6.07 Å². The third kappa shape index (κ3) is 6.21. The quantitative estimate of drug-likeness (QED) is 0.469. The maximum Gasteiger partial charge on any atom is 0.387 e. The van der Waals surface area contributed by atoms with Crippen molar-refractivity contribution in [3.8, 4) is 17.2 Å². The van der Waals surface area contributed by atoms with E-state index in [0.29, 0.717) is 11.4 Å².